The third kappa shape index (κ3) is 4.44. The Kier molecular flexibility index (Phi) is 4.52. The molecule has 2 amide bonds. The summed E-state index contributed by atoms with van der Waals surface area (Å²) in [6.07, 6.45) is 0.803. The Hall–Kier alpha value is -1.55. The van der Waals surface area contributed by atoms with E-state index in [9.17, 15) is 4.79 Å². The summed E-state index contributed by atoms with van der Waals surface area (Å²) in [6.45, 7) is 7.15. The zero-order valence-electron chi connectivity index (χ0n) is 10.7. The molecular formula is C13H21N3O. The summed E-state index contributed by atoms with van der Waals surface area (Å²) < 4.78 is 0. The SMILES string of the molecule is CC(C)(C)c1ccc(CCNC(=O)NN)cc1. The van der Waals surface area contributed by atoms with Crippen molar-refractivity contribution < 1.29 is 4.79 Å². The smallest absolute Gasteiger partial charge is 0.328 e. The topological polar surface area (TPSA) is 67.2 Å². The van der Waals surface area contributed by atoms with E-state index in [4.69, 9.17) is 5.84 Å². The van der Waals surface area contributed by atoms with Crippen LogP contribution >= 0.6 is 0 Å². The second kappa shape index (κ2) is 5.68. The molecule has 1 aromatic rings. The number of rotatable bonds is 3. The van der Waals surface area contributed by atoms with E-state index >= 15 is 0 Å². The summed E-state index contributed by atoms with van der Waals surface area (Å²) in [7, 11) is 0. The van der Waals surface area contributed by atoms with E-state index in [0.29, 0.717) is 6.54 Å². The van der Waals surface area contributed by atoms with Crippen LogP contribution < -0.4 is 16.6 Å². The minimum Gasteiger partial charge on any atom is -0.337 e. The van der Waals surface area contributed by atoms with Crippen LogP contribution in [0, 0.1) is 0 Å². The van der Waals surface area contributed by atoms with E-state index in [2.05, 4.69) is 50.4 Å². The first-order valence-corrected chi connectivity index (χ1v) is 5.77. The van der Waals surface area contributed by atoms with E-state index in [1.165, 1.54) is 11.1 Å². The Bertz CT molecular complexity index is 365. The first kappa shape index (κ1) is 13.5. The molecular weight excluding hydrogens is 214 g/mol. The largest absolute Gasteiger partial charge is 0.337 e. The number of carbonyl (C=O) groups is 1. The van der Waals surface area contributed by atoms with Crippen molar-refractivity contribution in [3.63, 3.8) is 0 Å². The maximum Gasteiger partial charge on any atom is 0.328 e. The number of amides is 2. The Balaban J connectivity index is 2.49. The van der Waals surface area contributed by atoms with Gasteiger partial charge in [-0.1, -0.05) is 45.0 Å². The van der Waals surface area contributed by atoms with E-state index in [1.807, 2.05) is 5.43 Å². The van der Waals surface area contributed by atoms with Gasteiger partial charge in [-0.15, -0.1) is 0 Å². The average molecular weight is 235 g/mol. The molecule has 94 valence electrons. The molecule has 4 heteroatoms. The zero-order chi connectivity index (χ0) is 12.9. The summed E-state index contributed by atoms with van der Waals surface area (Å²) in [6, 6.07) is 8.12. The first-order chi connectivity index (χ1) is 7.93. The molecule has 0 bridgehead atoms. The molecule has 0 aromatic heterocycles. The molecule has 1 aromatic carbocycles. The molecule has 0 saturated carbocycles. The van der Waals surface area contributed by atoms with Gasteiger partial charge in [0.2, 0.25) is 0 Å². The lowest BCUT2D eigenvalue weighted by atomic mass is 9.86. The molecule has 0 fully saturated rings. The minimum absolute atomic E-state index is 0.177. The monoisotopic (exact) mass is 235 g/mol. The van der Waals surface area contributed by atoms with E-state index < -0.39 is 0 Å². The molecule has 0 unspecified atom stereocenters. The second-order valence-electron chi connectivity index (χ2n) is 5.10. The predicted molar refractivity (Wildman–Crippen MR) is 69.6 cm³/mol. The second-order valence-corrected chi connectivity index (χ2v) is 5.10. The lowest BCUT2D eigenvalue weighted by Gasteiger charge is -2.19. The number of hydrazine groups is 1. The average Bonchev–Trinajstić information content (AvgIpc) is 2.28. The van der Waals surface area contributed by atoms with Crippen molar-refractivity contribution >= 4 is 6.03 Å². The highest BCUT2D eigenvalue weighted by Gasteiger charge is 2.12. The molecule has 0 radical (unpaired) electrons. The molecule has 1 rings (SSSR count). The Morgan fingerprint density at radius 3 is 2.29 bits per heavy atom. The third-order valence-corrected chi connectivity index (χ3v) is 2.65. The van der Waals surface area contributed by atoms with Gasteiger partial charge in [0.1, 0.15) is 0 Å². The van der Waals surface area contributed by atoms with Crippen molar-refractivity contribution in [2.45, 2.75) is 32.6 Å². The van der Waals surface area contributed by atoms with Crippen LogP contribution in [0.3, 0.4) is 0 Å². The number of nitrogens with two attached hydrogens (primary N) is 1. The number of nitrogens with one attached hydrogen (secondary N) is 2. The maximum absolute atomic E-state index is 10.8. The number of carbonyl (C=O) groups excluding carboxylic acids is 1. The van der Waals surface area contributed by atoms with Crippen LogP contribution in [0.4, 0.5) is 4.79 Å². The fraction of sp³-hybridized carbons (Fsp3) is 0.462. The highest BCUT2D eigenvalue weighted by atomic mass is 16.2. The van der Waals surface area contributed by atoms with Gasteiger partial charge < -0.3 is 5.32 Å². The van der Waals surface area contributed by atoms with Crippen LogP contribution in [-0.4, -0.2) is 12.6 Å². The summed E-state index contributed by atoms with van der Waals surface area (Å²) in [4.78, 5) is 10.8. The molecule has 0 aliphatic rings. The quantitative estimate of drug-likeness (QED) is 0.424. The van der Waals surface area contributed by atoms with Crippen molar-refractivity contribution in [2.75, 3.05) is 6.54 Å². The zero-order valence-corrected chi connectivity index (χ0v) is 10.7. The van der Waals surface area contributed by atoms with Crippen molar-refractivity contribution in [1.82, 2.24) is 10.7 Å². The van der Waals surface area contributed by atoms with Crippen LogP contribution in [0.25, 0.3) is 0 Å². The van der Waals surface area contributed by atoms with Gasteiger partial charge >= 0.3 is 6.03 Å². The van der Waals surface area contributed by atoms with Crippen molar-refractivity contribution in [3.8, 4) is 0 Å². The number of urea groups is 1. The van der Waals surface area contributed by atoms with Gasteiger partial charge in [-0.3, -0.25) is 5.43 Å². The summed E-state index contributed by atoms with van der Waals surface area (Å²) in [5.74, 6) is 4.96. The van der Waals surface area contributed by atoms with E-state index in [-0.39, 0.29) is 11.4 Å². The normalized spacial score (nSPS) is 11.1. The van der Waals surface area contributed by atoms with E-state index in [1.54, 1.807) is 0 Å². The molecule has 0 spiro atoms. The van der Waals surface area contributed by atoms with Gasteiger partial charge in [-0.2, -0.15) is 0 Å². The maximum atomic E-state index is 10.8. The van der Waals surface area contributed by atoms with Gasteiger partial charge in [0.05, 0.1) is 0 Å². The summed E-state index contributed by atoms with van der Waals surface area (Å²) >= 11 is 0. The Morgan fingerprint density at radius 1 is 1.24 bits per heavy atom. The first-order valence-electron chi connectivity index (χ1n) is 5.77. The number of benzene rings is 1. The Morgan fingerprint density at radius 2 is 1.82 bits per heavy atom. The van der Waals surface area contributed by atoms with Gasteiger partial charge in [-0.25, -0.2) is 10.6 Å². The fourth-order valence-electron chi connectivity index (χ4n) is 1.54. The minimum atomic E-state index is -0.351. The van der Waals surface area contributed by atoms with Crippen molar-refractivity contribution in [1.29, 1.82) is 0 Å². The predicted octanol–water partition coefficient (Wildman–Crippen LogP) is 1.70. The number of hydrogen-bond donors (Lipinski definition) is 3. The van der Waals surface area contributed by atoms with Crippen LogP contribution in [-0.2, 0) is 11.8 Å². The molecule has 0 saturated heterocycles. The van der Waals surface area contributed by atoms with Gasteiger partial charge in [0.15, 0.2) is 0 Å². The molecule has 0 aliphatic heterocycles. The lowest BCUT2D eigenvalue weighted by Crippen LogP contribution is -2.40. The molecule has 0 aliphatic carbocycles. The highest BCUT2D eigenvalue weighted by molar-refractivity contribution is 5.72. The van der Waals surface area contributed by atoms with Gasteiger partial charge in [0.25, 0.3) is 0 Å². The van der Waals surface area contributed by atoms with Crippen LogP contribution in [0.1, 0.15) is 31.9 Å². The van der Waals surface area contributed by atoms with Crippen LogP contribution in [0.5, 0.6) is 0 Å². The summed E-state index contributed by atoms with van der Waals surface area (Å²) in [5.41, 5.74) is 4.72. The van der Waals surface area contributed by atoms with Crippen LogP contribution in [0.2, 0.25) is 0 Å². The van der Waals surface area contributed by atoms with Gasteiger partial charge in [-0.05, 0) is 23.0 Å². The van der Waals surface area contributed by atoms with Crippen LogP contribution in [0.15, 0.2) is 24.3 Å². The van der Waals surface area contributed by atoms with Gasteiger partial charge in [0, 0.05) is 6.54 Å². The van der Waals surface area contributed by atoms with Crippen molar-refractivity contribution in [2.24, 2.45) is 5.84 Å². The molecule has 4 N–H and O–H groups in total. The molecule has 17 heavy (non-hydrogen) atoms. The fourth-order valence-corrected chi connectivity index (χ4v) is 1.54. The molecule has 0 heterocycles. The summed E-state index contributed by atoms with van der Waals surface area (Å²) in [5, 5.41) is 2.65. The lowest BCUT2D eigenvalue weighted by molar-refractivity contribution is 0.241. The van der Waals surface area contributed by atoms with E-state index in [0.717, 1.165) is 6.42 Å². The standard InChI is InChI=1S/C13H21N3O/c1-13(2,3)11-6-4-10(5-7-11)8-9-15-12(17)16-14/h4-7H,8-9,14H2,1-3H3,(H2,15,16,17). The Labute approximate surface area is 103 Å². The molecule has 0 atom stereocenters. The molecule has 4 nitrogen and oxygen atoms in total. The van der Waals surface area contributed by atoms with Crippen molar-refractivity contribution in [3.05, 3.63) is 35.4 Å². The highest BCUT2D eigenvalue weighted by Crippen LogP contribution is 2.22. The number of hydrogen-bond acceptors (Lipinski definition) is 2. The third-order valence-electron chi connectivity index (χ3n) is 2.65.